The Balaban J connectivity index is 1.75. The van der Waals surface area contributed by atoms with Crippen molar-refractivity contribution >= 4 is 33.2 Å². The van der Waals surface area contributed by atoms with Crippen LogP contribution in [-0.2, 0) is 10.0 Å². The van der Waals surface area contributed by atoms with Crippen LogP contribution in [0.5, 0.6) is 6.01 Å². The van der Waals surface area contributed by atoms with Crippen molar-refractivity contribution in [3.05, 3.63) is 46.7 Å². The van der Waals surface area contributed by atoms with E-state index in [1.807, 2.05) is 0 Å². The number of sulfonamides is 1. The third-order valence-corrected chi connectivity index (χ3v) is 6.22. The number of hydrogen-bond donors (Lipinski definition) is 0. The molecule has 0 saturated carbocycles. The second-order valence-corrected chi connectivity index (χ2v) is 8.11. The Bertz CT molecular complexity index is 815. The van der Waals surface area contributed by atoms with Gasteiger partial charge >= 0.3 is 6.01 Å². The Morgan fingerprint density at radius 3 is 2.58 bits per heavy atom. The topological polar surface area (TPSA) is 72.4 Å². The molecule has 1 saturated heterocycles. The summed E-state index contributed by atoms with van der Waals surface area (Å²) in [7, 11) is -3.67. The Hall–Kier alpha value is -1.41. The van der Waals surface area contributed by atoms with Crippen LogP contribution in [0.1, 0.15) is 12.8 Å². The molecule has 0 spiro atoms. The molecular weight excluding hydrogens is 373 g/mol. The van der Waals surface area contributed by atoms with Gasteiger partial charge in [0.25, 0.3) is 0 Å². The van der Waals surface area contributed by atoms with Crippen molar-refractivity contribution in [3.63, 3.8) is 0 Å². The predicted octanol–water partition coefficient (Wildman–Crippen LogP) is 3.02. The molecule has 1 atom stereocenters. The van der Waals surface area contributed by atoms with Crippen LogP contribution >= 0.6 is 23.2 Å². The molecule has 9 heteroatoms. The van der Waals surface area contributed by atoms with Gasteiger partial charge in [-0.05, 0) is 25.0 Å². The number of hydrogen-bond acceptors (Lipinski definition) is 5. The third kappa shape index (κ3) is 3.80. The number of ether oxygens (including phenoxy) is 1. The Morgan fingerprint density at radius 2 is 1.88 bits per heavy atom. The molecule has 1 aromatic heterocycles. The molecule has 2 aromatic rings. The van der Waals surface area contributed by atoms with E-state index in [9.17, 15) is 8.42 Å². The van der Waals surface area contributed by atoms with E-state index in [-0.39, 0.29) is 28.6 Å². The van der Waals surface area contributed by atoms with Crippen molar-refractivity contribution in [2.24, 2.45) is 0 Å². The summed E-state index contributed by atoms with van der Waals surface area (Å²) in [6.07, 6.45) is 3.95. The Kier molecular flexibility index (Phi) is 5.24. The summed E-state index contributed by atoms with van der Waals surface area (Å²) in [5.74, 6) is 0. The zero-order valence-electron chi connectivity index (χ0n) is 12.6. The first-order valence-corrected chi connectivity index (χ1v) is 9.55. The molecule has 24 heavy (non-hydrogen) atoms. The number of aromatic nitrogens is 2. The molecule has 1 aliphatic rings. The zero-order chi connectivity index (χ0) is 17.2. The minimum absolute atomic E-state index is 0.107. The summed E-state index contributed by atoms with van der Waals surface area (Å²) < 4.78 is 32.6. The monoisotopic (exact) mass is 387 g/mol. The fourth-order valence-corrected chi connectivity index (χ4v) is 4.62. The van der Waals surface area contributed by atoms with Crippen LogP contribution in [0.25, 0.3) is 0 Å². The highest BCUT2D eigenvalue weighted by Gasteiger charge is 2.32. The fraction of sp³-hybridized carbons (Fsp3) is 0.333. The van der Waals surface area contributed by atoms with Gasteiger partial charge in [0.2, 0.25) is 10.0 Å². The maximum absolute atomic E-state index is 12.8. The van der Waals surface area contributed by atoms with E-state index in [2.05, 4.69) is 9.97 Å². The molecule has 1 aromatic carbocycles. The molecule has 0 amide bonds. The van der Waals surface area contributed by atoms with E-state index < -0.39 is 10.0 Å². The number of rotatable bonds is 4. The highest BCUT2D eigenvalue weighted by Crippen LogP contribution is 2.27. The fourth-order valence-electron chi connectivity index (χ4n) is 2.52. The van der Waals surface area contributed by atoms with E-state index in [1.165, 1.54) is 22.8 Å². The minimum atomic E-state index is -3.67. The molecule has 0 N–H and O–H groups in total. The summed E-state index contributed by atoms with van der Waals surface area (Å²) >= 11 is 11.8. The molecular formula is C15H15Cl2N3O3S. The van der Waals surface area contributed by atoms with Gasteiger partial charge in [-0.25, -0.2) is 18.4 Å². The van der Waals surface area contributed by atoms with E-state index >= 15 is 0 Å². The quantitative estimate of drug-likeness (QED) is 0.805. The lowest BCUT2D eigenvalue weighted by molar-refractivity contribution is 0.119. The maximum Gasteiger partial charge on any atom is 0.316 e. The maximum atomic E-state index is 12.8. The van der Waals surface area contributed by atoms with Crippen molar-refractivity contribution in [1.29, 1.82) is 0 Å². The average Bonchev–Trinajstić information content (AvgIpc) is 2.57. The highest BCUT2D eigenvalue weighted by molar-refractivity contribution is 7.89. The predicted molar refractivity (Wildman–Crippen MR) is 90.9 cm³/mol. The van der Waals surface area contributed by atoms with Crippen molar-refractivity contribution in [2.45, 2.75) is 23.8 Å². The molecule has 0 bridgehead atoms. The van der Waals surface area contributed by atoms with Crippen LogP contribution in [0.4, 0.5) is 0 Å². The molecule has 1 unspecified atom stereocenters. The van der Waals surface area contributed by atoms with E-state index in [0.29, 0.717) is 18.0 Å². The lowest BCUT2D eigenvalue weighted by Gasteiger charge is -2.31. The molecule has 1 fully saturated rings. The summed E-state index contributed by atoms with van der Waals surface area (Å²) in [6, 6.07) is 6.60. The smallest absolute Gasteiger partial charge is 0.316 e. The summed E-state index contributed by atoms with van der Waals surface area (Å²) in [6.45, 7) is 0.647. The number of benzene rings is 1. The largest absolute Gasteiger partial charge is 0.459 e. The summed E-state index contributed by atoms with van der Waals surface area (Å²) in [4.78, 5) is 8.06. The standard InChI is InChI=1S/C15H15Cl2N3O3S/c16-11-8-18-15(19-9-11)23-12-4-3-7-20(10-12)24(21,22)14-6-2-1-5-13(14)17/h1-2,5-6,8-9,12H,3-4,7,10H2. The van der Waals surface area contributed by atoms with Gasteiger partial charge in [-0.15, -0.1) is 0 Å². The lowest BCUT2D eigenvalue weighted by Crippen LogP contribution is -2.44. The van der Waals surface area contributed by atoms with Gasteiger partial charge in [-0.1, -0.05) is 35.3 Å². The number of halogens is 2. The number of piperidine rings is 1. The van der Waals surface area contributed by atoms with E-state index in [0.717, 1.165) is 6.42 Å². The van der Waals surface area contributed by atoms with Gasteiger partial charge in [-0.3, -0.25) is 0 Å². The second-order valence-electron chi connectivity index (χ2n) is 5.36. The SMILES string of the molecule is O=S(=O)(c1ccccc1Cl)N1CCCC(Oc2ncc(Cl)cn2)C1. The van der Waals surface area contributed by atoms with Crippen LogP contribution in [0, 0.1) is 0 Å². The van der Waals surface area contributed by atoms with Crippen LogP contribution in [0.3, 0.4) is 0 Å². The first kappa shape index (κ1) is 17.4. The van der Waals surface area contributed by atoms with Crippen molar-refractivity contribution in [3.8, 4) is 6.01 Å². The van der Waals surface area contributed by atoms with Gasteiger partial charge in [0.05, 0.1) is 29.0 Å². The highest BCUT2D eigenvalue weighted by atomic mass is 35.5. The van der Waals surface area contributed by atoms with Gasteiger partial charge in [0.15, 0.2) is 0 Å². The first-order chi connectivity index (χ1) is 11.5. The third-order valence-electron chi connectivity index (χ3n) is 3.66. The number of nitrogens with zero attached hydrogens (tertiary/aromatic N) is 3. The van der Waals surface area contributed by atoms with Crippen LogP contribution in [0.15, 0.2) is 41.6 Å². The normalized spacial score (nSPS) is 19.2. The molecule has 128 valence electrons. The van der Waals surface area contributed by atoms with Gasteiger partial charge in [-0.2, -0.15) is 4.31 Å². The Morgan fingerprint density at radius 1 is 1.17 bits per heavy atom. The molecule has 6 nitrogen and oxygen atoms in total. The van der Waals surface area contributed by atoms with Crippen LogP contribution in [0.2, 0.25) is 10.0 Å². The first-order valence-electron chi connectivity index (χ1n) is 7.36. The van der Waals surface area contributed by atoms with Gasteiger partial charge in [0.1, 0.15) is 11.0 Å². The van der Waals surface area contributed by atoms with Gasteiger partial charge in [0, 0.05) is 6.54 Å². The van der Waals surface area contributed by atoms with E-state index in [1.54, 1.807) is 18.2 Å². The molecule has 0 radical (unpaired) electrons. The van der Waals surface area contributed by atoms with Crippen LogP contribution in [-0.4, -0.2) is 41.9 Å². The summed E-state index contributed by atoms with van der Waals surface area (Å²) in [5.41, 5.74) is 0. The minimum Gasteiger partial charge on any atom is -0.459 e. The lowest BCUT2D eigenvalue weighted by atomic mass is 10.1. The van der Waals surface area contributed by atoms with Crippen molar-refractivity contribution in [1.82, 2.24) is 14.3 Å². The molecule has 3 rings (SSSR count). The van der Waals surface area contributed by atoms with Crippen LogP contribution < -0.4 is 4.74 Å². The van der Waals surface area contributed by atoms with Crippen molar-refractivity contribution < 1.29 is 13.2 Å². The molecule has 1 aliphatic heterocycles. The molecule has 2 heterocycles. The van der Waals surface area contributed by atoms with Crippen molar-refractivity contribution in [2.75, 3.05) is 13.1 Å². The van der Waals surface area contributed by atoms with E-state index in [4.69, 9.17) is 27.9 Å². The zero-order valence-corrected chi connectivity index (χ0v) is 14.9. The average molecular weight is 388 g/mol. The Labute approximate surface area is 150 Å². The summed E-state index contributed by atoms with van der Waals surface area (Å²) in [5, 5.41) is 0.621. The second kappa shape index (κ2) is 7.23. The van der Waals surface area contributed by atoms with Gasteiger partial charge < -0.3 is 4.74 Å². The molecule has 0 aliphatic carbocycles.